The standard InChI is InChI=1S/C11H12ClFN2O2S/c1-3-14-8(2)7-15-18(16,17)9-4-5-11(13)10(12)6-9/h3-6,15H,2,7H2,1H3. The number of benzene rings is 1. The molecule has 0 atom stereocenters. The number of rotatable bonds is 5. The van der Waals surface area contributed by atoms with Crippen LogP contribution in [0.5, 0.6) is 0 Å². The minimum atomic E-state index is -3.75. The fraction of sp³-hybridized carbons (Fsp3) is 0.182. The summed E-state index contributed by atoms with van der Waals surface area (Å²) in [7, 11) is -3.75. The summed E-state index contributed by atoms with van der Waals surface area (Å²) in [4.78, 5) is 3.71. The summed E-state index contributed by atoms with van der Waals surface area (Å²) in [5.41, 5.74) is 0.370. The molecule has 0 radical (unpaired) electrons. The van der Waals surface area contributed by atoms with Gasteiger partial charge in [-0.25, -0.2) is 17.5 Å². The van der Waals surface area contributed by atoms with Gasteiger partial charge in [0.25, 0.3) is 0 Å². The molecule has 7 heteroatoms. The van der Waals surface area contributed by atoms with Crippen molar-refractivity contribution in [2.75, 3.05) is 6.54 Å². The lowest BCUT2D eigenvalue weighted by molar-refractivity contribution is 0.583. The van der Waals surface area contributed by atoms with Crippen molar-refractivity contribution in [1.82, 2.24) is 4.72 Å². The molecule has 0 aliphatic heterocycles. The van der Waals surface area contributed by atoms with Crippen molar-refractivity contribution in [3.05, 3.63) is 41.3 Å². The molecule has 4 nitrogen and oxygen atoms in total. The van der Waals surface area contributed by atoms with E-state index >= 15 is 0 Å². The highest BCUT2D eigenvalue weighted by atomic mass is 35.5. The zero-order chi connectivity index (χ0) is 13.8. The normalized spacial score (nSPS) is 11.9. The van der Waals surface area contributed by atoms with Crippen LogP contribution in [-0.4, -0.2) is 21.2 Å². The molecular weight excluding hydrogens is 279 g/mol. The first-order valence-electron chi connectivity index (χ1n) is 4.98. The Labute approximate surface area is 110 Å². The Hall–Kier alpha value is -1.24. The van der Waals surface area contributed by atoms with Crippen LogP contribution in [0.2, 0.25) is 5.02 Å². The zero-order valence-corrected chi connectivity index (χ0v) is 11.2. The molecule has 0 fully saturated rings. The number of hydrogen-bond acceptors (Lipinski definition) is 3. The lowest BCUT2D eigenvalue weighted by atomic mass is 10.3. The molecular formula is C11H12ClFN2O2S. The highest BCUT2D eigenvalue weighted by Crippen LogP contribution is 2.19. The largest absolute Gasteiger partial charge is 0.265 e. The maximum Gasteiger partial charge on any atom is 0.240 e. The highest BCUT2D eigenvalue weighted by Gasteiger charge is 2.15. The average Bonchev–Trinajstić information content (AvgIpc) is 2.30. The van der Waals surface area contributed by atoms with Crippen LogP contribution >= 0.6 is 11.6 Å². The summed E-state index contributed by atoms with van der Waals surface area (Å²) in [6.45, 7) is 5.23. The molecule has 1 N–H and O–H groups in total. The zero-order valence-electron chi connectivity index (χ0n) is 9.65. The van der Waals surface area contributed by atoms with Crippen molar-refractivity contribution in [2.24, 2.45) is 4.99 Å². The Morgan fingerprint density at radius 2 is 2.28 bits per heavy atom. The third-order valence-electron chi connectivity index (χ3n) is 1.98. The van der Waals surface area contributed by atoms with E-state index in [0.29, 0.717) is 5.70 Å². The Morgan fingerprint density at radius 1 is 1.61 bits per heavy atom. The van der Waals surface area contributed by atoms with Crippen LogP contribution in [0.4, 0.5) is 4.39 Å². The van der Waals surface area contributed by atoms with Gasteiger partial charge in [-0.2, -0.15) is 0 Å². The van der Waals surface area contributed by atoms with Gasteiger partial charge in [0.05, 0.1) is 16.5 Å². The van der Waals surface area contributed by atoms with Crippen molar-refractivity contribution >= 4 is 27.8 Å². The summed E-state index contributed by atoms with van der Waals surface area (Å²) >= 11 is 5.52. The van der Waals surface area contributed by atoms with E-state index in [1.807, 2.05) is 0 Å². The number of nitrogens with one attached hydrogen (secondary N) is 1. The molecule has 0 aliphatic rings. The van der Waals surface area contributed by atoms with Crippen LogP contribution in [0.25, 0.3) is 0 Å². The lowest BCUT2D eigenvalue weighted by Gasteiger charge is -2.07. The highest BCUT2D eigenvalue weighted by molar-refractivity contribution is 7.89. The molecule has 98 valence electrons. The average molecular weight is 291 g/mol. The number of nitrogens with zero attached hydrogens (tertiary/aromatic N) is 1. The molecule has 0 saturated carbocycles. The Morgan fingerprint density at radius 3 is 2.83 bits per heavy atom. The molecule has 0 heterocycles. The minimum Gasteiger partial charge on any atom is -0.265 e. The van der Waals surface area contributed by atoms with E-state index in [0.717, 1.165) is 18.2 Å². The fourth-order valence-corrected chi connectivity index (χ4v) is 2.42. The first kappa shape index (κ1) is 14.8. The minimum absolute atomic E-state index is 0.0261. The van der Waals surface area contributed by atoms with E-state index < -0.39 is 15.8 Å². The van der Waals surface area contributed by atoms with Crippen LogP contribution in [0.15, 0.2) is 40.4 Å². The molecule has 0 bridgehead atoms. The second-order valence-corrected chi connectivity index (χ2v) is 5.53. The van der Waals surface area contributed by atoms with Gasteiger partial charge < -0.3 is 0 Å². The first-order chi connectivity index (χ1) is 8.36. The third kappa shape index (κ3) is 3.90. The van der Waals surface area contributed by atoms with Crippen molar-refractivity contribution in [3.8, 4) is 0 Å². The van der Waals surface area contributed by atoms with E-state index in [1.165, 1.54) is 6.21 Å². The molecule has 0 amide bonds. The smallest absolute Gasteiger partial charge is 0.240 e. The van der Waals surface area contributed by atoms with Gasteiger partial charge >= 0.3 is 0 Å². The molecule has 0 saturated heterocycles. The number of sulfonamides is 1. The first-order valence-corrected chi connectivity index (χ1v) is 6.84. The van der Waals surface area contributed by atoms with Crippen LogP contribution in [0.3, 0.4) is 0 Å². The second-order valence-electron chi connectivity index (χ2n) is 3.35. The molecule has 1 aromatic carbocycles. The van der Waals surface area contributed by atoms with Gasteiger partial charge in [0.15, 0.2) is 0 Å². The Balaban J connectivity index is 2.86. The lowest BCUT2D eigenvalue weighted by Crippen LogP contribution is -2.25. The van der Waals surface area contributed by atoms with Gasteiger partial charge in [-0.3, -0.25) is 4.99 Å². The molecule has 18 heavy (non-hydrogen) atoms. The fourth-order valence-electron chi connectivity index (χ4n) is 1.13. The van der Waals surface area contributed by atoms with Gasteiger partial charge in [-0.15, -0.1) is 0 Å². The molecule has 0 aliphatic carbocycles. The van der Waals surface area contributed by atoms with E-state index in [-0.39, 0.29) is 16.5 Å². The topological polar surface area (TPSA) is 58.5 Å². The van der Waals surface area contributed by atoms with Crippen molar-refractivity contribution in [1.29, 1.82) is 0 Å². The van der Waals surface area contributed by atoms with Gasteiger partial charge in [-0.05, 0) is 25.1 Å². The van der Waals surface area contributed by atoms with Crippen molar-refractivity contribution < 1.29 is 12.8 Å². The Bertz CT molecular complexity index is 585. The van der Waals surface area contributed by atoms with Gasteiger partial charge in [0.2, 0.25) is 10.0 Å². The maximum atomic E-state index is 12.9. The van der Waals surface area contributed by atoms with E-state index in [4.69, 9.17) is 11.6 Å². The van der Waals surface area contributed by atoms with Crippen molar-refractivity contribution in [2.45, 2.75) is 11.8 Å². The van der Waals surface area contributed by atoms with Crippen molar-refractivity contribution in [3.63, 3.8) is 0 Å². The molecule has 0 unspecified atom stereocenters. The van der Waals surface area contributed by atoms with Crippen LogP contribution < -0.4 is 4.72 Å². The summed E-state index contributed by atoms with van der Waals surface area (Å²) in [5, 5.41) is -0.247. The summed E-state index contributed by atoms with van der Waals surface area (Å²) in [5.74, 6) is -0.671. The van der Waals surface area contributed by atoms with Crippen LogP contribution in [-0.2, 0) is 10.0 Å². The number of halogens is 2. The van der Waals surface area contributed by atoms with Crippen LogP contribution in [0, 0.1) is 5.82 Å². The number of hydrogen-bond donors (Lipinski definition) is 1. The number of aliphatic imine (C=N–C) groups is 1. The van der Waals surface area contributed by atoms with E-state index in [2.05, 4.69) is 16.3 Å². The van der Waals surface area contributed by atoms with E-state index in [9.17, 15) is 12.8 Å². The summed E-state index contributed by atoms with van der Waals surface area (Å²) in [6, 6.07) is 3.18. The van der Waals surface area contributed by atoms with Gasteiger partial charge in [0, 0.05) is 11.9 Å². The van der Waals surface area contributed by atoms with E-state index in [1.54, 1.807) is 6.92 Å². The summed E-state index contributed by atoms with van der Waals surface area (Å²) in [6.07, 6.45) is 1.51. The molecule has 1 rings (SSSR count). The van der Waals surface area contributed by atoms with Gasteiger partial charge in [-0.1, -0.05) is 18.2 Å². The Kier molecular flexibility index (Phi) is 5.01. The van der Waals surface area contributed by atoms with Crippen LogP contribution in [0.1, 0.15) is 6.92 Å². The third-order valence-corrected chi connectivity index (χ3v) is 3.67. The quantitative estimate of drug-likeness (QED) is 0.846. The summed E-state index contributed by atoms with van der Waals surface area (Å²) < 4.78 is 38.8. The molecule has 0 aromatic heterocycles. The predicted octanol–water partition coefficient (Wildman–Crippen LogP) is 2.36. The second kappa shape index (κ2) is 6.08. The predicted molar refractivity (Wildman–Crippen MR) is 69.9 cm³/mol. The molecule has 0 spiro atoms. The monoisotopic (exact) mass is 290 g/mol. The maximum absolute atomic E-state index is 12.9. The molecule has 1 aromatic rings. The SMILES string of the molecule is C=C(CNS(=O)(=O)c1ccc(F)c(Cl)c1)N=CC. The van der Waals surface area contributed by atoms with Gasteiger partial charge in [0.1, 0.15) is 5.82 Å².